The van der Waals surface area contributed by atoms with Crippen molar-refractivity contribution < 1.29 is 14.6 Å². The number of carbonyl (C=O) groups is 1. The van der Waals surface area contributed by atoms with Gasteiger partial charge in [-0.05, 0) is 23.6 Å². The van der Waals surface area contributed by atoms with Gasteiger partial charge in [0.15, 0.2) is 6.10 Å². The smallest absolute Gasteiger partial charge is 0.332 e. The third kappa shape index (κ3) is 3.66. The molecular formula is C16H16O3. The summed E-state index contributed by atoms with van der Waals surface area (Å²) in [5.74, 6) is -0.944. The van der Waals surface area contributed by atoms with Gasteiger partial charge in [-0.3, -0.25) is 0 Å². The van der Waals surface area contributed by atoms with Crippen molar-refractivity contribution in [1.29, 1.82) is 0 Å². The van der Waals surface area contributed by atoms with Crippen molar-refractivity contribution >= 4 is 5.97 Å². The zero-order valence-corrected chi connectivity index (χ0v) is 10.7. The maximum Gasteiger partial charge on any atom is 0.332 e. The monoisotopic (exact) mass is 256 g/mol. The van der Waals surface area contributed by atoms with Crippen LogP contribution in [0.5, 0.6) is 0 Å². The average molecular weight is 256 g/mol. The van der Waals surface area contributed by atoms with E-state index in [4.69, 9.17) is 9.84 Å². The van der Waals surface area contributed by atoms with Gasteiger partial charge < -0.3 is 9.84 Å². The van der Waals surface area contributed by atoms with Crippen molar-refractivity contribution in [2.24, 2.45) is 0 Å². The SMILES string of the molecule is CC(OCc1ccc(-c2ccccc2)cc1)C(=O)O. The fourth-order valence-corrected chi connectivity index (χ4v) is 1.72. The molecule has 2 aromatic rings. The Morgan fingerprint density at radius 3 is 2.21 bits per heavy atom. The Bertz CT molecular complexity index is 532. The first kappa shape index (κ1) is 13.3. The molecule has 2 rings (SSSR count). The van der Waals surface area contributed by atoms with Crippen LogP contribution in [0.25, 0.3) is 11.1 Å². The lowest BCUT2D eigenvalue weighted by molar-refractivity contribution is -0.149. The molecule has 0 aliphatic heterocycles. The van der Waals surface area contributed by atoms with Crippen LogP contribution >= 0.6 is 0 Å². The van der Waals surface area contributed by atoms with Crippen molar-refractivity contribution in [2.75, 3.05) is 0 Å². The van der Waals surface area contributed by atoms with Gasteiger partial charge in [-0.1, -0.05) is 54.6 Å². The molecule has 0 spiro atoms. The van der Waals surface area contributed by atoms with Gasteiger partial charge in [0.1, 0.15) is 0 Å². The molecule has 98 valence electrons. The maximum absolute atomic E-state index is 10.6. The fraction of sp³-hybridized carbons (Fsp3) is 0.188. The van der Waals surface area contributed by atoms with Gasteiger partial charge in [0.2, 0.25) is 0 Å². The van der Waals surface area contributed by atoms with E-state index in [0.717, 1.165) is 16.7 Å². The summed E-state index contributed by atoms with van der Waals surface area (Å²) in [6.45, 7) is 1.84. The van der Waals surface area contributed by atoms with Crippen LogP contribution in [0.2, 0.25) is 0 Å². The van der Waals surface area contributed by atoms with Crippen LogP contribution in [0.1, 0.15) is 12.5 Å². The van der Waals surface area contributed by atoms with E-state index in [0.29, 0.717) is 6.61 Å². The molecule has 1 atom stereocenters. The number of carboxylic acid groups (broad SMARTS) is 1. The molecule has 1 unspecified atom stereocenters. The lowest BCUT2D eigenvalue weighted by atomic mass is 10.0. The molecule has 0 bridgehead atoms. The van der Waals surface area contributed by atoms with Crippen molar-refractivity contribution in [3.63, 3.8) is 0 Å². The number of carboxylic acids is 1. The number of hydrogen-bond donors (Lipinski definition) is 1. The second-order valence-corrected chi connectivity index (χ2v) is 4.35. The molecule has 0 aliphatic rings. The summed E-state index contributed by atoms with van der Waals surface area (Å²) < 4.78 is 5.24. The first-order valence-corrected chi connectivity index (χ1v) is 6.15. The molecule has 2 aromatic carbocycles. The van der Waals surface area contributed by atoms with Crippen molar-refractivity contribution in [1.82, 2.24) is 0 Å². The number of rotatable bonds is 5. The second kappa shape index (κ2) is 6.16. The van der Waals surface area contributed by atoms with Gasteiger partial charge in [-0.15, -0.1) is 0 Å². The van der Waals surface area contributed by atoms with Gasteiger partial charge in [0, 0.05) is 0 Å². The normalized spacial score (nSPS) is 12.1. The third-order valence-electron chi connectivity index (χ3n) is 2.91. The highest BCUT2D eigenvalue weighted by Gasteiger charge is 2.10. The maximum atomic E-state index is 10.6. The predicted octanol–water partition coefficient (Wildman–Crippen LogP) is 3.34. The minimum absolute atomic E-state index is 0.308. The van der Waals surface area contributed by atoms with Crippen LogP contribution in [0, 0.1) is 0 Å². The van der Waals surface area contributed by atoms with Gasteiger partial charge in [-0.2, -0.15) is 0 Å². The molecule has 0 heterocycles. The highest BCUT2D eigenvalue weighted by molar-refractivity contribution is 5.71. The Morgan fingerprint density at radius 1 is 1.05 bits per heavy atom. The zero-order valence-electron chi connectivity index (χ0n) is 10.7. The fourth-order valence-electron chi connectivity index (χ4n) is 1.72. The third-order valence-corrected chi connectivity index (χ3v) is 2.91. The Balaban J connectivity index is 2.01. The molecule has 0 saturated heterocycles. The van der Waals surface area contributed by atoms with Crippen LogP contribution in [-0.2, 0) is 16.1 Å². The van der Waals surface area contributed by atoms with E-state index in [1.165, 1.54) is 6.92 Å². The molecule has 0 fully saturated rings. The summed E-state index contributed by atoms with van der Waals surface area (Å²) in [4.78, 5) is 10.6. The molecule has 0 saturated carbocycles. The lowest BCUT2D eigenvalue weighted by Crippen LogP contribution is -2.19. The van der Waals surface area contributed by atoms with Crippen molar-refractivity contribution in [2.45, 2.75) is 19.6 Å². The molecule has 3 nitrogen and oxygen atoms in total. The van der Waals surface area contributed by atoms with Gasteiger partial charge >= 0.3 is 5.97 Å². The number of benzene rings is 2. The molecule has 0 radical (unpaired) electrons. The van der Waals surface area contributed by atoms with Crippen molar-refractivity contribution in [3.05, 3.63) is 60.2 Å². The predicted molar refractivity (Wildman–Crippen MR) is 73.8 cm³/mol. The summed E-state index contributed by atoms with van der Waals surface area (Å²) in [5.41, 5.74) is 3.26. The van der Waals surface area contributed by atoms with Gasteiger partial charge in [0.05, 0.1) is 6.61 Å². The largest absolute Gasteiger partial charge is 0.479 e. The molecular weight excluding hydrogens is 240 g/mol. The molecule has 19 heavy (non-hydrogen) atoms. The topological polar surface area (TPSA) is 46.5 Å². The zero-order chi connectivity index (χ0) is 13.7. The standard InChI is InChI=1S/C16H16O3/c1-12(16(17)18)19-11-13-7-9-15(10-8-13)14-5-3-2-4-6-14/h2-10,12H,11H2,1H3,(H,17,18). The van der Waals surface area contributed by atoms with Crippen molar-refractivity contribution in [3.8, 4) is 11.1 Å². The van der Waals surface area contributed by atoms with E-state index in [2.05, 4.69) is 12.1 Å². The van der Waals surface area contributed by atoms with E-state index >= 15 is 0 Å². The number of ether oxygens (including phenoxy) is 1. The number of aliphatic carboxylic acids is 1. The Hall–Kier alpha value is -2.13. The second-order valence-electron chi connectivity index (χ2n) is 4.35. The Labute approximate surface area is 112 Å². The van der Waals surface area contributed by atoms with Gasteiger partial charge in [-0.25, -0.2) is 4.79 Å². The highest BCUT2D eigenvalue weighted by Crippen LogP contribution is 2.19. The quantitative estimate of drug-likeness (QED) is 0.892. The molecule has 0 amide bonds. The summed E-state index contributed by atoms with van der Waals surface area (Å²) in [5, 5.41) is 8.73. The van der Waals surface area contributed by atoms with Gasteiger partial charge in [0.25, 0.3) is 0 Å². The minimum Gasteiger partial charge on any atom is -0.479 e. The summed E-state index contributed by atoms with van der Waals surface area (Å²) >= 11 is 0. The molecule has 0 aromatic heterocycles. The summed E-state index contributed by atoms with van der Waals surface area (Å²) in [6.07, 6.45) is -0.784. The van der Waals surface area contributed by atoms with Crippen LogP contribution in [-0.4, -0.2) is 17.2 Å². The average Bonchev–Trinajstić information content (AvgIpc) is 2.46. The van der Waals surface area contributed by atoms with E-state index < -0.39 is 12.1 Å². The summed E-state index contributed by atoms with van der Waals surface area (Å²) in [7, 11) is 0. The summed E-state index contributed by atoms with van der Waals surface area (Å²) in [6, 6.07) is 18.0. The minimum atomic E-state index is -0.944. The van der Waals surface area contributed by atoms with E-state index in [-0.39, 0.29) is 0 Å². The number of hydrogen-bond acceptors (Lipinski definition) is 2. The molecule has 0 aliphatic carbocycles. The molecule has 3 heteroatoms. The first-order valence-electron chi connectivity index (χ1n) is 6.15. The highest BCUT2D eigenvalue weighted by atomic mass is 16.5. The Kier molecular flexibility index (Phi) is 4.31. The van der Waals surface area contributed by atoms with Crippen LogP contribution in [0.15, 0.2) is 54.6 Å². The van der Waals surface area contributed by atoms with Crippen LogP contribution in [0.4, 0.5) is 0 Å². The molecule has 1 N–H and O–H groups in total. The Morgan fingerprint density at radius 2 is 1.63 bits per heavy atom. The van der Waals surface area contributed by atoms with Crippen LogP contribution in [0.3, 0.4) is 0 Å². The van der Waals surface area contributed by atoms with E-state index in [9.17, 15) is 4.79 Å². The first-order chi connectivity index (χ1) is 9.16. The lowest BCUT2D eigenvalue weighted by Gasteiger charge is -2.09. The van der Waals surface area contributed by atoms with E-state index in [1.54, 1.807) is 0 Å². The van der Waals surface area contributed by atoms with Crippen LogP contribution < -0.4 is 0 Å². The van der Waals surface area contributed by atoms with E-state index in [1.807, 2.05) is 42.5 Å².